The molecule has 11 heteroatoms. The second-order valence-electron chi connectivity index (χ2n) is 9.22. The number of ether oxygens (including phenoxy) is 2. The number of methoxy groups -OCH3 is 2. The number of carbonyl (C=O) groups is 2. The Hall–Kier alpha value is -4.25. The maximum atomic E-state index is 13.4. The number of benzene rings is 2. The first-order valence-electron chi connectivity index (χ1n) is 13.4. The van der Waals surface area contributed by atoms with Crippen LogP contribution in [0.25, 0.3) is 10.9 Å². The topological polar surface area (TPSA) is 125 Å². The minimum Gasteiger partial charge on any atom is -0.493 e. The molecule has 0 aliphatic carbocycles. The molecule has 4 aromatic rings. The van der Waals surface area contributed by atoms with Crippen molar-refractivity contribution in [2.24, 2.45) is 0 Å². The number of furan rings is 1. The molecule has 216 valence electrons. The van der Waals surface area contributed by atoms with Crippen LogP contribution in [0.15, 0.2) is 75.2 Å². The Bertz CT molecular complexity index is 1540. The first kappa shape index (κ1) is 29.7. The van der Waals surface area contributed by atoms with Crippen molar-refractivity contribution >= 4 is 34.5 Å². The Morgan fingerprint density at radius 2 is 1.85 bits per heavy atom. The maximum absolute atomic E-state index is 13.4. The van der Waals surface area contributed by atoms with Gasteiger partial charge in [-0.05, 0) is 54.8 Å². The number of nitrogens with one attached hydrogen (secondary N) is 2. The van der Waals surface area contributed by atoms with Crippen LogP contribution in [0.1, 0.15) is 31.1 Å². The molecule has 1 atom stereocenters. The van der Waals surface area contributed by atoms with Crippen LogP contribution in [0.2, 0.25) is 0 Å². The highest BCUT2D eigenvalue weighted by Crippen LogP contribution is 2.28. The minimum atomic E-state index is -0.486. The second-order valence-corrected chi connectivity index (χ2v) is 10.4. The quantitative estimate of drug-likeness (QED) is 0.170. The summed E-state index contributed by atoms with van der Waals surface area (Å²) in [6.07, 6.45) is 2.77. The van der Waals surface area contributed by atoms with Crippen LogP contribution >= 0.6 is 11.8 Å². The van der Waals surface area contributed by atoms with Crippen molar-refractivity contribution in [1.82, 2.24) is 20.2 Å². The van der Waals surface area contributed by atoms with Gasteiger partial charge in [0.05, 0.1) is 43.2 Å². The van der Waals surface area contributed by atoms with E-state index in [1.165, 1.54) is 16.3 Å². The van der Waals surface area contributed by atoms with E-state index in [1.807, 2.05) is 31.2 Å². The number of thioether (sulfide) groups is 1. The van der Waals surface area contributed by atoms with E-state index in [0.717, 1.165) is 5.56 Å². The molecule has 4 rings (SSSR count). The molecule has 0 spiro atoms. The molecular weight excluding hydrogens is 544 g/mol. The van der Waals surface area contributed by atoms with Crippen molar-refractivity contribution in [2.75, 3.05) is 20.8 Å². The number of aromatic nitrogens is 2. The van der Waals surface area contributed by atoms with Crippen LogP contribution in [-0.4, -0.2) is 47.4 Å². The lowest BCUT2D eigenvalue weighted by molar-refractivity contribution is -0.122. The van der Waals surface area contributed by atoms with Crippen molar-refractivity contribution in [2.45, 2.75) is 49.7 Å². The lowest BCUT2D eigenvalue weighted by Gasteiger charge is -2.18. The van der Waals surface area contributed by atoms with Gasteiger partial charge >= 0.3 is 0 Å². The third-order valence-corrected chi connectivity index (χ3v) is 7.86. The van der Waals surface area contributed by atoms with Crippen molar-refractivity contribution in [3.8, 4) is 11.5 Å². The van der Waals surface area contributed by atoms with Crippen LogP contribution in [-0.2, 0) is 29.1 Å². The van der Waals surface area contributed by atoms with E-state index >= 15 is 0 Å². The molecule has 2 aromatic carbocycles. The van der Waals surface area contributed by atoms with Gasteiger partial charge in [0.2, 0.25) is 11.8 Å². The zero-order chi connectivity index (χ0) is 29.2. The van der Waals surface area contributed by atoms with Gasteiger partial charge in [-0.15, -0.1) is 0 Å². The first-order chi connectivity index (χ1) is 19.9. The summed E-state index contributed by atoms with van der Waals surface area (Å²) in [4.78, 5) is 43.8. The standard InChI is InChI=1S/C30H34N4O6S/c1-4-26(28(36)32-19-21-8-7-17-40-21)41-30-33-23-10-6-5-9-22(23)29(37)34(30)16-14-27(35)31-15-13-20-11-12-24(38-2)25(18-20)39-3/h5-12,17-18,26H,4,13-16,19H2,1-3H3,(H,31,35)(H,32,36)/t26-/m0/s1. The summed E-state index contributed by atoms with van der Waals surface area (Å²) in [7, 11) is 3.16. The van der Waals surface area contributed by atoms with Gasteiger partial charge in [-0.1, -0.05) is 36.9 Å². The lowest BCUT2D eigenvalue weighted by Crippen LogP contribution is -2.33. The zero-order valence-corrected chi connectivity index (χ0v) is 24.2. The minimum absolute atomic E-state index is 0.0842. The molecule has 2 heterocycles. The van der Waals surface area contributed by atoms with Gasteiger partial charge in [0.15, 0.2) is 16.7 Å². The highest BCUT2D eigenvalue weighted by Gasteiger charge is 2.22. The van der Waals surface area contributed by atoms with E-state index in [-0.39, 0.29) is 36.9 Å². The summed E-state index contributed by atoms with van der Waals surface area (Å²) in [6.45, 7) is 2.73. The van der Waals surface area contributed by atoms with Crippen LogP contribution in [0.4, 0.5) is 0 Å². The molecule has 0 fully saturated rings. The SMILES string of the molecule is CC[C@H](Sc1nc2ccccc2c(=O)n1CCC(=O)NCCc1ccc(OC)c(OC)c1)C(=O)NCc1ccco1. The largest absolute Gasteiger partial charge is 0.493 e. The van der Waals surface area contributed by atoms with Gasteiger partial charge in [-0.2, -0.15) is 0 Å². The highest BCUT2D eigenvalue weighted by atomic mass is 32.2. The molecule has 0 aliphatic heterocycles. The zero-order valence-electron chi connectivity index (χ0n) is 23.3. The predicted molar refractivity (Wildman–Crippen MR) is 157 cm³/mol. The van der Waals surface area contributed by atoms with Crippen molar-refractivity contribution in [1.29, 1.82) is 0 Å². The molecule has 41 heavy (non-hydrogen) atoms. The molecule has 0 saturated carbocycles. The molecule has 2 aromatic heterocycles. The smallest absolute Gasteiger partial charge is 0.262 e. The molecule has 0 aliphatic rings. The molecular formula is C30H34N4O6S. The van der Waals surface area contributed by atoms with Crippen LogP contribution in [0.5, 0.6) is 11.5 Å². The third kappa shape index (κ3) is 7.69. The molecule has 10 nitrogen and oxygen atoms in total. The Kier molecular flexibility index (Phi) is 10.4. The molecule has 2 amide bonds. The average Bonchev–Trinajstić information content (AvgIpc) is 3.52. The van der Waals surface area contributed by atoms with Crippen LogP contribution in [0, 0.1) is 0 Å². The van der Waals surface area contributed by atoms with E-state index in [9.17, 15) is 14.4 Å². The Balaban J connectivity index is 1.42. The fourth-order valence-corrected chi connectivity index (χ4v) is 5.33. The lowest BCUT2D eigenvalue weighted by atomic mass is 10.1. The first-order valence-corrected chi connectivity index (χ1v) is 14.2. The average molecular weight is 579 g/mol. The molecule has 2 N–H and O–H groups in total. The summed E-state index contributed by atoms with van der Waals surface area (Å²) in [5, 5.41) is 6.17. The predicted octanol–water partition coefficient (Wildman–Crippen LogP) is 3.94. The maximum Gasteiger partial charge on any atom is 0.262 e. The van der Waals surface area contributed by atoms with E-state index in [4.69, 9.17) is 18.9 Å². The van der Waals surface area contributed by atoms with E-state index in [1.54, 1.807) is 50.8 Å². The van der Waals surface area contributed by atoms with Crippen molar-refractivity contribution in [3.05, 3.63) is 82.5 Å². The molecule has 0 saturated heterocycles. The summed E-state index contributed by atoms with van der Waals surface area (Å²) in [5.41, 5.74) is 1.29. The van der Waals surface area contributed by atoms with Gasteiger partial charge in [0.1, 0.15) is 5.76 Å². The summed E-state index contributed by atoms with van der Waals surface area (Å²) in [5.74, 6) is 1.55. The fraction of sp³-hybridized carbons (Fsp3) is 0.333. The molecule has 0 radical (unpaired) electrons. The van der Waals surface area contributed by atoms with E-state index in [0.29, 0.717) is 52.7 Å². The number of nitrogens with zero attached hydrogens (tertiary/aromatic N) is 2. The number of hydrogen-bond acceptors (Lipinski definition) is 8. The van der Waals surface area contributed by atoms with Crippen molar-refractivity contribution < 1.29 is 23.5 Å². The van der Waals surface area contributed by atoms with Gasteiger partial charge in [-0.25, -0.2) is 4.98 Å². The van der Waals surface area contributed by atoms with E-state index < -0.39 is 5.25 Å². The summed E-state index contributed by atoms with van der Waals surface area (Å²) >= 11 is 1.22. The van der Waals surface area contributed by atoms with E-state index in [2.05, 4.69) is 10.6 Å². The van der Waals surface area contributed by atoms with Gasteiger partial charge in [-0.3, -0.25) is 19.0 Å². The third-order valence-electron chi connectivity index (χ3n) is 6.50. The highest BCUT2D eigenvalue weighted by molar-refractivity contribution is 8.00. The van der Waals surface area contributed by atoms with Gasteiger partial charge in [0.25, 0.3) is 5.56 Å². The Labute approximate surface area is 242 Å². The second kappa shape index (κ2) is 14.4. The number of hydrogen-bond donors (Lipinski definition) is 2. The summed E-state index contributed by atoms with van der Waals surface area (Å²) < 4.78 is 17.4. The number of fused-ring (bicyclic) bond motifs is 1. The monoisotopic (exact) mass is 578 g/mol. The number of carbonyl (C=O) groups excluding carboxylic acids is 2. The molecule has 0 unspecified atom stereocenters. The summed E-state index contributed by atoms with van der Waals surface area (Å²) in [6, 6.07) is 16.3. The number of rotatable bonds is 14. The number of amides is 2. The van der Waals surface area contributed by atoms with Gasteiger partial charge in [0, 0.05) is 19.5 Å². The van der Waals surface area contributed by atoms with Gasteiger partial charge < -0.3 is 24.5 Å². The Morgan fingerprint density at radius 3 is 2.59 bits per heavy atom. The Morgan fingerprint density at radius 1 is 1.05 bits per heavy atom. The van der Waals surface area contributed by atoms with Crippen LogP contribution < -0.4 is 25.7 Å². The van der Waals surface area contributed by atoms with Crippen LogP contribution in [0.3, 0.4) is 0 Å². The normalized spacial score (nSPS) is 11.7. The fourth-order valence-electron chi connectivity index (χ4n) is 4.27. The number of para-hydroxylation sites is 1. The molecule has 0 bridgehead atoms. The van der Waals surface area contributed by atoms with Crippen molar-refractivity contribution in [3.63, 3.8) is 0 Å².